The van der Waals surface area contributed by atoms with Crippen molar-refractivity contribution in [1.29, 1.82) is 0 Å². The van der Waals surface area contributed by atoms with Crippen LogP contribution in [0.2, 0.25) is 0 Å². The van der Waals surface area contributed by atoms with Gasteiger partial charge in [0.05, 0.1) is 28.8 Å². The standard InChI is InChI=1S/C21H28N6O3S2/c1-15(2)13-23-19-17-14-24-27(20(17)26-21(25-19)31-3)11-10-22-18(28)9-12-32(29,30)16-7-5-4-6-8-16/h4-8,14-15H,9-13H2,1-3H3,(H,22,28)(H,23,25,26). The molecule has 11 heteroatoms. The van der Waals surface area contributed by atoms with E-state index in [0.29, 0.717) is 29.8 Å². The Balaban J connectivity index is 1.59. The lowest BCUT2D eigenvalue weighted by atomic mass is 10.2. The highest BCUT2D eigenvalue weighted by Gasteiger charge is 2.16. The summed E-state index contributed by atoms with van der Waals surface area (Å²) in [5.41, 5.74) is 0.691. The van der Waals surface area contributed by atoms with Crippen LogP contribution in [-0.2, 0) is 21.2 Å². The summed E-state index contributed by atoms with van der Waals surface area (Å²) in [4.78, 5) is 21.5. The van der Waals surface area contributed by atoms with Crippen LogP contribution in [0.25, 0.3) is 11.0 Å². The molecule has 3 aromatic rings. The molecule has 9 nitrogen and oxygen atoms in total. The van der Waals surface area contributed by atoms with E-state index in [0.717, 1.165) is 17.7 Å². The molecule has 0 atom stereocenters. The summed E-state index contributed by atoms with van der Waals surface area (Å²) in [6.45, 7) is 5.76. The third kappa shape index (κ3) is 6.19. The highest BCUT2D eigenvalue weighted by molar-refractivity contribution is 7.98. The first-order valence-corrected chi connectivity index (χ1v) is 13.2. The maximum Gasteiger partial charge on any atom is 0.221 e. The summed E-state index contributed by atoms with van der Waals surface area (Å²) in [5.74, 6) is 0.658. The monoisotopic (exact) mass is 476 g/mol. The van der Waals surface area contributed by atoms with Crippen molar-refractivity contribution in [1.82, 2.24) is 25.1 Å². The minimum Gasteiger partial charge on any atom is -0.369 e. The maximum absolute atomic E-state index is 12.3. The van der Waals surface area contributed by atoms with E-state index in [9.17, 15) is 13.2 Å². The SMILES string of the molecule is CSc1nc(NCC(C)C)c2cnn(CCNC(=O)CCS(=O)(=O)c3ccccc3)c2n1. The molecule has 32 heavy (non-hydrogen) atoms. The number of sulfone groups is 1. The molecule has 0 bridgehead atoms. The number of benzene rings is 1. The van der Waals surface area contributed by atoms with Crippen LogP contribution in [-0.4, -0.2) is 59.2 Å². The largest absolute Gasteiger partial charge is 0.369 e. The molecule has 2 aromatic heterocycles. The number of fused-ring (bicyclic) bond motifs is 1. The second kappa shape index (κ2) is 10.8. The van der Waals surface area contributed by atoms with Crippen molar-refractivity contribution in [3.63, 3.8) is 0 Å². The summed E-state index contributed by atoms with van der Waals surface area (Å²) in [5, 5.41) is 12.0. The number of thioether (sulfide) groups is 1. The number of carbonyl (C=O) groups excluding carboxylic acids is 1. The van der Waals surface area contributed by atoms with Gasteiger partial charge >= 0.3 is 0 Å². The van der Waals surface area contributed by atoms with Crippen LogP contribution in [0.1, 0.15) is 20.3 Å². The smallest absolute Gasteiger partial charge is 0.221 e. The predicted molar refractivity (Wildman–Crippen MR) is 127 cm³/mol. The Bertz CT molecular complexity index is 1160. The zero-order valence-corrected chi connectivity index (χ0v) is 20.0. The molecule has 0 aliphatic carbocycles. The molecule has 2 heterocycles. The Morgan fingerprint density at radius 2 is 1.94 bits per heavy atom. The lowest BCUT2D eigenvalue weighted by Gasteiger charge is -2.11. The van der Waals surface area contributed by atoms with Crippen molar-refractivity contribution in [3.05, 3.63) is 36.5 Å². The Kier molecular flexibility index (Phi) is 8.08. The van der Waals surface area contributed by atoms with E-state index in [2.05, 4.69) is 39.5 Å². The number of anilines is 1. The van der Waals surface area contributed by atoms with E-state index in [4.69, 9.17) is 0 Å². The minimum atomic E-state index is -3.48. The van der Waals surface area contributed by atoms with Crippen LogP contribution in [0.15, 0.2) is 46.6 Å². The first-order chi connectivity index (χ1) is 15.3. The summed E-state index contributed by atoms with van der Waals surface area (Å²) in [6.07, 6.45) is 3.54. The lowest BCUT2D eigenvalue weighted by Crippen LogP contribution is -2.29. The number of nitrogens with zero attached hydrogens (tertiary/aromatic N) is 4. The van der Waals surface area contributed by atoms with E-state index in [-0.39, 0.29) is 23.0 Å². The molecular formula is C21H28N6O3S2. The van der Waals surface area contributed by atoms with E-state index in [1.807, 2.05) is 6.26 Å². The number of aromatic nitrogens is 4. The number of nitrogens with one attached hydrogen (secondary N) is 2. The van der Waals surface area contributed by atoms with Gasteiger partial charge in [0.25, 0.3) is 0 Å². The second-order valence-corrected chi connectivity index (χ2v) is 10.6. The van der Waals surface area contributed by atoms with Crippen LogP contribution < -0.4 is 10.6 Å². The van der Waals surface area contributed by atoms with Gasteiger partial charge in [-0.05, 0) is 24.3 Å². The number of hydrogen-bond donors (Lipinski definition) is 2. The Labute approximate surface area is 192 Å². The van der Waals surface area contributed by atoms with Crippen molar-refractivity contribution in [2.24, 2.45) is 5.92 Å². The average molecular weight is 477 g/mol. The van der Waals surface area contributed by atoms with Crippen LogP contribution in [0.5, 0.6) is 0 Å². The molecule has 1 aromatic carbocycles. The third-order valence-corrected chi connectivity index (χ3v) is 6.96. The van der Waals surface area contributed by atoms with Gasteiger partial charge in [0.2, 0.25) is 5.91 Å². The van der Waals surface area contributed by atoms with Gasteiger partial charge in [-0.2, -0.15) is 5.10 Å². The van der Waals surface area contributed by atoms with Gasteiger partial charge in [-0.3, -0.25) is 4.79 Å². The second-order valence-electron chi connectivity index (χ2n) is 7.67. The fraction of sp³-hybridized carbons (Fsp3) is 0.429. The molecular weight excluding hydrogens is 448 g/mol. The topological polar surface area (TPSA) is 119 Å². The fourth-order valence-electron chi connectivity index (χ4n) is 2.99. The Morgan fingerprint density at radius 3 is 2.62 bits per heavy atom. The number of hydrogen-bond acceptors (Lipinski definition) is 8. The normalized spacial score (nSPS) is 11.8. The molecule has 0 fully saturated rings. The van der Waals surface area contributed by atoms with Gasteiger partial charge in [0, 0.05) is 19.5 Å². The summed E-state index contributed by atoms with van der Waals surface area (Å²) >= 11 is 1.45. The molecule has 2 N–H and O–H groups in total. The number of carbonyl (C=O) groups is 1. The highest BCUT2D eigenvalue weighted by atomic mass is 32.2. The molecule has 0 radical (unpaired) electrons. The molecule has 0 aliphatic heterocycles. The van der Waals surface area contributed by atoms with Gasteiger partial charge in [-0.15, -0.1) is 0 Å². The zero-order valence-electron chi connectivity index (χ0n) is 18.4. The fourth-order valence-corrected chi connectivity index (χ4v) is 4.61. The van der Waals surface area contributed by atoms with Crippen LogP contribution in [0.4, 0.5) is 5.82 Å². The molecule has 0 unspecified atom stereocenters. The molecule has 3 rings (SSSR count). The zero-order chi connectivity index (χ0) is 23.1. The van der Waals surface area contributed by atoms with Gasteiger partial charge in [-0.1, -0.05) is 43.8 Å². The first kappa shape index (κ1) is 24.0. The van der Waals surface area contributed by atoms with Gasteiger partial charge in [0.15, 0.2) is 20.6 Å². The first-order valence-electron chi connectivity index (χ1n) is 10.4. The Hall–Kier alpha value is -2.66. The van der Waals surface area contributed by atoms with Crippen molar-refractivity contribution >= 4 is 44.4 Å². The summed E-state index contributed by atoms with van der Waals surface area (Å²) < 4.78 is 26.4. The molecule has 0 saturated heterocycles. The average Bonchev–Trinajstić information content (AvgIpc) is 3.19. The van der Waals surface area contributed by atoms with Crippen LogP contribution >= 0.6 is 11.8 Å². The number of rotatable bonds is 11. The van der Waals surface area contributed by atoms with E-state index >= 15 is 0 Å². The predicted octanol–water partition coefficient (Wildman–Crippen LogP) is 2.60. The van der Waals surface area contributed by atoms with E-state index in [1.165, 1.54) is 23.9 Å². The van der Waals surface area contributed by atoms with E-state index in [1.54, 1.807) is 29.1 Å². The van der Waals surface area contributed by atoms with Crippen molar-refractivity contribution < 1.29 is 13.2 Å². The van der Waals surface area contributed by atoms with Gasteiger partial charge in [0.1, 0.15) is 5.82 Å². The van der Waals surface area contributed by atoms with Crippen molar-refractivity contribution in [3.8, 4) is 0 Å². The molecule has 0 spiro atoms. The van der Waals surface area contributed by atoms with Gasteiger partial charge < -0.3 is 10.6 Å². The lowest BCUT2D eigenvalue weighted by molar-refractivity contribution is -0.120. The quantitative estimate of drug-likeness (QED) is 0.320. The van der Waals surface area contributed by atoms with Crippen molar-refractivity contribution in [2.75, 3.05) is 30.4 Å². The molecule has 0 aliphatic rings. The Morgan fingerprint density at radius 1 is 1.19 bits per heavy atom. The van der Waals surface area contributed by atoms with Crippen LogP contribution in [0.3, 0.4) is 0 Å². The minimum absolute atomic E-state index is 0.0981. The van der Waals surface area contributed by atoms with E-state index < -0.39 is 9.84 Å². The molecule has 1 amide bonds. The summed E-state index contributed by atoms with van der Waals surface area (Å²) in [6, 6.07) is 8.14. The van der Waals surface area contributed by atoms with Gasteiger partial charge in [-0.25, -0.2) is 23.1 Å². The summed E-state index contributed by atoms with van der Waals surface area (Å²) in [7, 11) is -3.48. The molecule has 172 valence electrons. The van der Waals surface area contributed by atoms with Crippen molar-refractivity contribution in [2.45, 2.75) is 36.9 Å². The maximum atomic E-state index is 12.3. The molecule has 0 saturated carbocycles. The third-order valence-electron chi connectivity index (χ3n) is 4.68. The highest BCUT2D eigenvalue weighted by Crippen LogP contribution is 2.23. The van der Waals surface area contributed by atoms with Crippen LogP contribution in [0, 0.1) is 5.92 Å². The number of amides is 1.